The maximum atomic E-state index is 12.2. The number of hydrogen-bond donors (Lipinski definition) is 0. The number of benzene rings is 1. The molecule has 2 heterocycles. The monoisotopic (exact) mass is 427 g/mol. The summed E-state index contributed by atoms with van der Waals surface area (Å²) in [5, 5.41) is 6.18. The van der Waals surface area contributed by atoms with Crippen LogP contribution < -0.4 is 0 Å². The Balaban J connectivity index is 1.43. The number of ether oxygens (including phenoxy) is 1. The first-order valence-electron chi connectivity index (χ1n) is 10.6. The first kappa shape index (κ1) is 22.5. The number of allylic oxidation sites excluding steroid dienone is 1. The molecule has 1 fully saturated rings. The van der Waals surface area contributed by atoms with Crippen LogP contribution in [-0.4, -0.2) is 48.6 Å². The molecule has 0 bridgehead atoms. The summed E-state index contributed by atoms with van der Waals surface area (Å²) < 4.78 is 7.61. The van der Waals surface area contributed by atoms with E-state index in [4.69, 9.17) is 9.57 Å². The fraction of sp³-hybridized carbons (Fsp3) is 0.478. The van der Waals surface area contributed by atoms with Gasteiger partial charge in [0.15, 0.2) is 0 Å². The maximum absolute atomic E-state index is 12.2. The van der Waals surface area contributed by atoms with Crippen LogP contribution >= 0.6 is 0 Å². The molecule has 0 atom stereocenters. The van der Waals surface area contributed by atoms with Crippen molar-refractivity contribution in [1.29, 1.82) is 0 Å². The van der Waals surface area contributed by atoms with Crippen LogP contribution in [0.25, 0.3) is 5.57 Å². The van der Waals surface area contributed by atoms with Crippen LogP contribution in [0, 0.1) is 5.92 Å². The second kappa shape index (κ2) is 10.2. The molecule has 1 aromatic heterocycles. The number of nitrogens with zero attached hydrogens (tertiary/aromatic N) is 3. The molecule has 0 spiro atoms. The molecule has 3 rings (SSSR count). The molecule has 1 aliphatic heterocycles. The van der Waals surface area contributed by atoms with E-state index in [9.17, 15) is 4.79 Å². The predicted octanol–water partition coefficient (Wildman–Crippen LogP) is 4.69. The third kappa shape index (κ3) is 6.65. The molecular weight excluding hydrogens is 394 g/mol. The highest BCUT2D eigenvalue weighted by atomic mass is 28.3. The summed E-state index contributed by atoms with van der Waals surface area (Å²) in [4.78, 5) is 17.7. The van der Waals surface area contributed by atoms with Crippen LogP contribution in [0.4, 0.5) is 0 Å². The molecule has 0 unspecified atom stereocenters. The van der Waals surface area contributed by atoms with E-state index >= 15 is 0 Å². The van der Waals surface area contributed by atoms with E-state index in [1.165, 1.54) is 0 Å². The Labute approximate surface area is 180 Å². The number of piperidine rings is 1. The minimum atomic E-state index is -1.07. The van der Waals surface area contributed by atoms with Crippen molar-refractivity contribution in [2.45, 2.75) is 45.3 Å². The lowest BCUT2D eigenvalue weighted by atomic mass is 9.88. The van der Waals surface area contributed by atoms with E-state index in [1.807, 2.05) is 35.3 Å². The lowest BCUT2D eigenvalue weighted by Gasteiger charge is -2.31. The average Bonchev–Trinajstić information content (AvgIpc) is 3.20. The minimum absolute atomic E-state index is 0.303. The Morgan fingerprint density at radius 2 is 1.87 bits per heavy atom. The van der Waals surface area contributed by atoms with Gasteiger partial charge in [0.2, 0.25) is 0 Å². The van der Waals surface area contributed by atoms with Gasteiger partial charge in [-0.3, -0.25) is 0 Å². The molecule has 1 aliphatic rings. The number of rotatable bonds is 9. The van der Waals surface area contributed by atoms with Crippen molar-refractivity contribution < 1.29 is 14.4 Å². The van der Waals surface area contributed by atoms with Crippen LogP contribution in [-0.2, 0) is 16.3 Å². The van der Waals surface area contributed by atoms with Gasteiger partial charge in [0.1, 0.15) is 6.73 Å². The summed E-state index contributed by atoms with van der Waals surface area (Å²) in [5.41, 5.74) is 2.73. The van der Waals surface area contributed by atoms with Crippen LogP contribution in [0.2, 0.25) is 25.7 Å². The Morgan fingerprint density at radius 3 is 2.53 bits per heavy atom. The number of hydroxylamine groups is 2. The largest absolute Gasteiger partial charge is 0.364 e. The molecule has 0 saturated carbocycles. The van der Waals surface area contributed by atoms with E-state index in [-0.39, 0.29) is 5.97 Å². The third-order valence-corrected chi connectivity index (χ3v) is 7.10. The van der Waals surface area contributed by atoms with Crippen molar-refractivity contribution in [3.63, 3.8) is 0 Å². The van der Waals surface area contributed by atoms with Gasteiger partial charge in [-0.25, -0.2) is 9.48 Å². The summed E-state index contributed by atoms with van der Waals surface area (Å²) >= 11 is 0. The molecule has 1 aromatic carbocycles. The molecule has 2 aromatic rings. The van der Waals surface area contributed by atoms with Gasteiger partial charge >= 0.3 is 5.97 Å². The van der Waals surface area contributed by atoms with Crippen molar-refractivity contribution in [2.75, 3.05) is 19.7 Å². The van der Waals surface area contributed by atoms with Gasteiger partial charge in [0.25, 0.3) is 0 Å². The average molecular weight is 428 g/mol. The van der Waals surface area contributed by atoms with Crippen LogP contribution in [0.15, 0.2) is 49.3 Å². The first-order valence-corrected chi connectivity index (χ1v) is 14.3. The molecule has 7 heteroatoms. The molecule has 6 nitrogen and oxygen atoms in total. The maximum Gasteiger partial charge on any atom is 0.357 e. The van der Waals surface area contributed by atoms with Crippen molar-refractivity contribution >= 4 is 19.6 Å². The highest BCUT2D eigenvalue weighted by Gasteiger charge is 2.25. The standard InChI is InChI=1S/C23H33N3O3Si/c1-19(22-16-24-25(17-22)18-28-14-15-30(2,3)4)20-10-12-26(13-11-20)29-23(27)21-8-6-5-7-9-21/h5-9,16-17,20H,1,10-15,18H2,2-4H3. The molecule has 0 radical (unpaired) electrons. The van der Waals surface area contributed by atoms with Gasteiger partial charge in [-0.05, 0) is 42.5 Å². The van der Waals surface area contributed by atoms with E-state index in [0.29, 0.717) is 31.3 Å². The summed E-state index contributed by atoms with van der Waals surface area (Å²) in [7, 11) is -1.07. The lowest BCUT2D eigenvalue weighted by molar-refractivity contribution is -0.123. The van der Waals surface area contributed by atoms with Crippen LogP contribution in [0.3, 0.4) is 0 Å². The molecule has 30 heavy (non-hydrogen) atoms. The zero-order chi connectivity index (χ0) is 21.6. The second-order valence-electron chi connectivity index (χ2n) is 9.09. The number of carbonyl (C=O) groups excluding carboxylic acids is 1. The quantitative estimate of drug-likeness (QED) is 0.429. The number of hydrogen-bond acceptors (Lipinski definition) is 5. The normalized spacial score (nSPS) is 15.8. The van der Waals surface area contributed by atoms with Gasteiger partial charge in [0, 0.05) is 39.5 Å². The second-order valence-corrected chi connectivity index (χ2v) is 14.7. The summed E-state index contributed by atoms with van der Waals surface area (Å²) in [6, 6.07) is 10.2. The summed E-state index contributed by atoms with van der Waals surface area (Å²) in [6.07, 6.45) is 5.68. The Hall–Kier alpha value is -2.22. The van der Waals surface area contributed by atoms with Gasteiger partial charge in [-0.2, -0.15) is 5.10 Å². The Bertz CT molecular complexity index is 837. The van der Waals surface area contributed by atoms with Crippen molar-refractivity contribution in [1.82, 2.24) is 14.8 Å². The van der Waals surface area contributed by atoms with Crippen molar-refractivity contribution in [2.24, 2.45) is 5.92 Å². The topological polar surface area (TPSA) is 56.6 Å². The zero-order valence-electron chi connectivity index (χ0n) is 18.3. The molecule has 0 N–H and O–H groups in total. The molecule has 162 valence electrons. The molecular formula is C23H33N3O3Si. The first-order chi connectivity index (χ1) is 14.3. The van der Waals surface area contributed by atoms with Gasteiger partial charge in [-0.1, -0.05) is 44.4 Å². The van der Waals surface area contributed by atoms with Gasteiger partial charge < -0.3 is 9.57 Å². The van der Waals surface area contributed by atoms with Crippen LogP contribution in [0.5, 0.6) is 0 Å². The fourth-order valence-corrected chi connectivity index (χ4v) is 4.17. The van der Waals surface area contributed by atoms with Crippen molar-refractivity contribution in [3.8, 4) is 0 Å². The lowest BCUT2D eigenvalue weighted by Crippen LogP contribution is -2.35. The number of carbonyl (C=O) groups is 1. The van der Waals surface area contributed by atoms with E-state index in [2.05, 4.69) is 31.3 Å². The minimum Gasteiger partial charge on any atom is -0.364 e. The molecule has 0 amide bonds. The number of aromatic nitrogens is 2. The zero-order valence-corrected chi connectivity index (χ0v) is 19.3. The van der Waals surface area contributed by atoms with E-state index in [1.54, 1.807) is 17.2 Å². The molecule has 1 saturated heterocycles. The smallest absolute Gasteiger partial charge is 0.357 e. The van der Waals surface area contributed by atoms with Gasteiger partial charge in [-0.15, -0.1) is 5.06 Å². The van der Waals surface area contributed by atoms with Gasteiger partial charge in [0.05, 0.1) is 11.8 Å². The Kier molecular flexibility index (Phi) is 7.63. The summed E-state index contributed by atoms with van der Waals surface area (Å²) in [6.45, 7) is 14.0. The van der Waals surface area contributed by atoms with Crippen LogP contribution in [0.1, 0.15) is 28.8 Å². The van der Waals surface area contributed by atoms with Crippen molar-refractivity contribution in [3.05, 3.63) is 60.4 Å². The van der Waals surface area contributed by atoms with E-state index in [0.717, 1.165) is 36.6 Å². The SMILES string of the molecule is C=C(c1cnn(COCC[Si](C)(C)C)c1)C1CCN(OC(=O)c2ccccc2)CC1. The molecule has 0 aliphatic carbocycles. The predicted molar refractivity (Wildman–Crippen MR) is 122 cm³/mol. The third-order valence-electron chi connectivity index (χ3n) is 5.39. The van der Waals surface area contributed by atoms with E-state index < -0.39 is 8.07 Å². The highest BCUT2D eigenvalue weighted by molar-refractivity contribution is 6.76. The Morgan fingerprint density at radius 1 is 1.17 bits per heavy atom. The summed E-state index contributed by atoms with van der Waals surface area (Å²) in [5.74, 6) is 0.0606. The highest BCUT2D eigenvalue weighted by Crippen LogP contribution is 2.30. The fourth-order valence-electron chi connectivity index (χ4n) is 3.41.